The second-order valence-electron chi connectivity index (χ2n) is 7.11. The fraction of sp³-hybridized carbons (Fsp3) is 0.167. The van der Waals surface area contributed by atoms with E-state index in [-0.39, 0.29) is 4.90 Å². The summed E-state index contributed by atoms with van der Waals surface area (Å²) in [6.45, 7) is 3.30. The molecule has 0 fully saturated rings. The summed E-state index contributed by atoms with van der Waals surface area (Å²) >= 11 is 0. The summed E-state index contributed by atoms with van der Waals surface area (Å²) < 4.78 is 33.1. The molecule has 0 aliphatic rings. The van der Waals surface area contributed by atoms with Crippen LogP contribution in [0.2, 0.25) is 0 Å². The number of sulfonamides is 1. The smallest absolute Gasteiger partial charge is 0.264 e. The van der Waals surface area contributed by atoms with Crippen molar-refractivity contribution in [3.05, 3.63) is 89.5 Å². The number of rotatable bonds is 8. The average Bonchev–Trinajstić information content (AvgIpc) is 2.80. The SMILES string of the molecule is COc1cccc(/C=N\NC(=O)CN(c2cccc(C)c2C)S(=O)(=O)c2ccccc2)c1. The van der Waals surface area contributed by atoms with Gasteiger partial charge >= 0.3 is 0 Å². The standard InChI is InChI=1S/C24H25N3O4S/c1-18-9-7-14-23(19(18)2)27(32(29,30)22-12-5-4-6-13-22)17-24(28)26-25-16-20-10-8-11-21(15-20)31-3/h4-16H,17H2,1-3H3,(H,26,28)/b25-16-. The van der Waals surface area contributed by atoms with Crippen LogP contribution in [0.4, 0.5) is 5.69 Å². The summed E-state index contributed by atoms with van der Waals surface area (Å²) in [6, 6.07) is 20.6. The highest BCUT2D eigenvalue weighted by Gasteiger charge is 2.28. The van der Waals surface area contributed by atoms with Crippen LogP contribution in [0.3, 0.4) is 0 Å². The molecule has 0 aromatic heterocycles. The van der Waals surface area contributed by atoms with E-state index in [1.54, 1.807) is 61.7 Å². The number of benzene rings is 3. The third kappa shape index (κ3) is 5.33. The molecule has 0 heterocycles. The number of hydrogen-bond donors (Lipinski definition) is 1. The van der Waals surface area contributed by atoms with Gasteiger partial charge in [0.15, 0.2) is 0 Å². The van der Waals surface area contributed by atoms with Crippen molar-refractivity contribution < 1.29 is 17.9 Å². The van der Waals surface area contributed by atoms with E-state index in [2.05, 4.69) is 10.5 Å². The topological polar surface area (TPSA) is 88.1 Å². The van der Waals surface area contributed by atoms with Gasteiger partial charge in [-0.2, -0.15) is 5.10 Å². The minimum absolute atomic E-state index is 0.105. The van der Waals surface area contributed by atoms with Crippen molar-refractivity contribution in [2.75, 3.05) is 18.0 Å². The monoisotopic (exact) mass is 451 g/mol. The van der Waals surface area contributed by atoms with Crippen LogP contribution in [0.15, 0.2) is 82.8 Å². The highest BCUT2D eigenvalue weighted by molar-refractivity contribution is 7.92. The first kappa shape index (κ1) is 23.0. The van der Waals surface area contributed by atoms with E-state index < -0.39 is 22.5 Å². The van der Waals surface area contributed by atoms with Gasteiger partial charge in [-0.25, -0.2) is 13.8 Å². The minimum atomic E-state index is -3.97. The van der Waals surface area contributed by atoms with Crippen LogP contribution in [0.25, 0.3) is 0 Å². The molecule has 0 atom stereocenters. The van der Waals surface area contributed by atoms with E-state index in [9.17, 15) is 13.2 Å². The van der Waals surface area contributed by atoms with E-state index in [1.807, 2.05) is 19.9 Å². The van der Waals surface area contributed by atoms with Crippen LogP contribution in [0.1, 0.15) is 16.7 Å². The number of hydrogen-bond acceptors (Lipinski definition) is 5. The zero-order valence-electron chi connectivity index (χ0n) is 18.1. The van der Waals surface area contributed by atoms with Crippen LogP contribution < -0.4 is 14.5 Å². The van der Waals surface area contributed by atoms with E-state index in [0.717, 1.165) is 21.0 Å². The Bertz CT molecular complexity index is 1230. The number of nitrogens with one attached hydrogen (secondary N) is 1. The predicted octanol–water partition coefficient (Wildman–Crippen LogP) is 3.66. The van der Waals surface area contributed by atoms with Crippen LogP contribution >= 0.6 is 0 Å². The molecule has 3 aromatic rings. The van der Waals surface area contributed by atoms with E-state index >= 15 is 0 Å². The summed E-state index contributed by atoms with van der Waals surface area (Å²) in [5.74, 6) is 0.0971. The first-order chi connectivity index (χ1) is 15.3. The van der Waals surface area contributed by atoms with Crippen molar-refractivity contribution in [1.82, 2.24) is 5.43 Å². The summed E-state index contributed by atoms with van der Waals surface area (Å²) in [4.78, 5) is 12.8. The number of carbonyl (C=O) groups is 1. The molecule has 7 nitrogen and oxygen atoms in total. The number of methoxy groups -OCH3 is 1. The fourth-order valence-electron chi connectivity index (χ4n) is 3.09. The Labute approximate surface area is 188 Å². The Hall–Kier alpha value is -3.65. The fourth-order valence-corrected chi connectivity index (χ4v) is 4.59. The molecule has 32 heavy (non-hydrogen) atoms. The summed E-state index contributed by atoms with van der Waals surface area (Å²) in [5, 5.41) is 3.96. The summed E-state index contributed by atoms with van der Waals surface area (Å²) in [6.07, 6.45) is 1.47. The van der Waals surface area contributed by atoms with Crippen molar-refractivity contribution >= 4 is 27.8 Å². The Morgan fingerprint density at radius 1 is 1.03 bits per heavy atom. The molecule has 0 aliphatic heterocycles. The molecule has 0 spiro atoms. The highest BCUT2D eigenvalue weighted by Crippen LogP contribution is 2.28. The lowest BCUT2D eigenvalue weighted by molar-refractivity contribution is -0.119. The van der Waals surface area contributed by atoms with Gasteiger partial charge in [0.05, 0.1) is 23.9 Å². The van der Waals surface area contributed by atoms with Gasteiger partial charge in [0, 0.05) is 0 Å². The Balaban J connectivity index is 1.86. The number of nitrogens with zero attached hydrogens (tertiary/aromatic N) is 2. The van der Waals surface area contributed by atoms with Crippen LogP contribution in [0, 0.1) is 13.8 Å². The molecule has 0 aliphatic carbocycles. The molecule has 0 radical (unpaired) electrons. The number of carbonyl (C=O) groups excluding carboxylic acids is 1. The predicted molar refractivity (Wildman–Crippen MR) is 126 cm³/mol. The van der Waals surface area contributed by atoms with Gasteiger partial charge in [-0.1, -0.05) is 42.5 Å². The molecule has 0 saturated carbocycles. The number of aryl methyl sites for hydroxylation is 1. The molecule has 0 bridgehead atoms. The molecule has 1 amide bonds. The van der Waals surface area contributed by atoms with Crippen molar-refractivity contribution in [2.45, 2.75) is 18.7 Å². The van der Waals surface area contributed by atoms with Crippen molar-refractivity contribution in [3.63, 3.8) is 0 Å². The molecule has 3 aromatic carbocycles. The molecule has 0 unspecified atom stereocenters. The Kier molecular flexibility index (Phi) is 7.27. The van der Waals surface area contributed by atoms with Gasteiger partial charge in [-0.05, 0) is 60.9 Å². The molecule has 0 saturated heterocycles. The van der Waals surface area contributed by atoms with Gasteiger partial charge in [0.2, 0.25) is 0 Å². The van der Waals surface area contributed by atoms with Gasteiger partial charge in [-0.3, -0.25) is 9.10 Å². The first-order valence-electron chi connectivity index (χ1n) is 9.93. The van der Waals surface area contributed by atoms with Crippen LogP contribution in [-0.4, -0.2) is 34.2 Å². The van der Waals surface area contributed by atoms with Gasteiger partial charge in [0.25, 0.3) is 15.9 Å². The Morgan fingerprint density at radius 3 is 2.47 bits per heavy atom. The van der Waals surface area contributed by atoms with Crippen molar-refractivity contribution in [3.8, 4) is 5.75 Å². The highest BCUT2D eigenvalue weighted by atomic mass is 32.2. The van der Waals surface area contributed by atoms with Gasteiger partial charge < -0.3 is 4.74 Å². The van der Waals surface area contributed by atoms with Crippen LogP contribution in [0.5, 0.6) is 5.75 Å². The third-order valence-electron chi connectivity index (χ3n) is 4.96. The molecule has 166 valence electrons. The third-order valence-corrected chi connectivity index (χ3v) is 6.73. The number of ether oxygens (including phenoxy) is 1. The quantitative estimate of drug-likeness (QED) is 0.418. The Morgan fingerprint density at radius 2 is 1.75 bits per heavy atom. The molecule has 1 N–H and O–H groups in total. The van der Waals surface area contributed by atoms with Crippen LogP contribution in [-0.2, 0) is 14.8 Å². The summed E-state index contributed by atoms with van der Waals surface area (Å²) in [7, 11) is -2.41. The second-order valence-corrected chi connectivity index (χ2v) is 8.98. The lowest BCUT2D eigenvalue weighted by atomic mass is 10.1. The maximum atomic E-state index is 13.4. The number of anilines is 1. The molecular weight excluding hydrogens is 426 g/mol. The first-order valence-corrected chi connectivity index (χ1v) is 11.4. The normalized spacial score (nSPS) is 11.3. The second kappa shape index (κ2) is 10.1. The molecular formula is C24H25N3O4S. The number of amides is 1. The zero-order chi connectivity index (χ0) is 23.1. The number of hydrazone groups is 1. The largest absolute Gasteiger partial charge is 0.497 e. The molecule has 8 heteroatoms. The van der Waals surface area contributed by atoms with Crippen molar-refractivity contribution in [2.24, 2.45) is 5.10 Å². The van der Waals surface area contributed by atoms with Gasteiger partial charge in [-0.15, -0.1) is 0 Å². The summed E-state index contributed by atoms with van der Waals surface area (Å²) in [5.41, 5.74) is 5.29. The van der Waals surface area contributed by atoms with E-state index in [4.69, 9.17) is 4.74 Å². The van der Waals surface area contributed by atoms with E-state index in [0.29, 0.717) is 11.4 Å². The maximum absolute atomic E-state index is 13.4. The average molecular weight is 452 g/mol. The van der Waals surface area contributed by atoms with Crippen molar-refractivity contribution in [1.29, 1.82) is 0 Å². The lowest BCUT2D eigenvalue weighted by Gasteiger charge is -2.26. The van der Waals surface area contributed by atoms with E-state index in [1.165, 1.54) is 18.3 Å². The van der Waals surface area contributed by atoms with Gasteiger partial charge in [0.1, 0.15) is 12.3 Å². The molecule has 3 rings (SSSR count). The minimum Gasteiger partial charge on any atom is -0.497 e. The zero-order valence-corrected chi connectivity index (χ0v) is 19.0. The lowest BCUT2D eigenvalue weighted by Crippen LogP contribution is -2.40. The maximum Gasteiger partial charge on any atom is 0.264 e.